The predicted octanol–water partition coefficient (Wildman–Crippen LogP) is 2.19. The molecule has 2 aromatic rings. The fourth-order valence-electron chi connectivity index (χ4n) is 1.18. The Morgan fingerprint density at radius 2 is 2.36 bits per heavy atom. The van der Waals surface area contributed by atoms with Crippen LogP contribution in [0.1, 0.15) is 18.9 Å². The maximum Gasteiger partial charge on any atom is 0.143 e. The molecule has 0 fully saturated rings. The molecule has 0 amide bonds. The van der Waals surface area contributed by atoms with E-state index in [1.807, 2.05) is 12.1 Å². The van der Waals surface area contributed by atoms with Gasteiger partial charge in [-0.3, -0.25) is 0 Å². The zero-order valence-corrected chi connectivity index (χ0v) is 9.14. The third-order valence-electron chi connectivity index (χ3n) is 1.87. The second-order valence-electron chi connectivity index (χ2n) is 3.47. The fourth-order valence-corrected chi connectivity index (χ4v) is 2.04. The zero-order valence-electron chi connectivity index (χ0n) is 8.32. The molecule has 14 heavy (non-hydrogen) atoms. The van der Waals surface area contributed by atoms with Crippen LogP contribution >= 0.6 is 11.3 Å². The van der Waals surface area contributed by atoms with E-state index in [9.17, 15) is 0 Å². The molecule has 0 aliphatic rings. The summed E-state index contributed by atoms with van der Waals surface area (Å²) in [6, 6.07) is 4.41. The van der Waals surface area contributed by atoms with Gasteiger partial charge >= 0.3 is 0 Å². The van der Waals surface area contributed by atoms with Crippen molar-refractivity contribution in [3.63, 3.8) is 0 Å². The summed E-state index contributed by atoms with van der Waals surface area (Å²) >= 11 is 1.65. The van der Waals surface area contributed by atoms with Gasteiger partial charge in [-0.1, -0.05) is 25.2 Å². The Kier molecular flexibility index (Phi) is 2.74. The van der Waals surface area contributed by atoms with Crippen molar-refractivity contribution in [2.45, 2.75) is 26.4 Å². The Bertz CT molecular complexity index is 389. The molecule has 0 saturated heterocycles. The van der Waals surface area contributed by atoms with Crippen molar-refractivity contribution in [3.8, 4) is 0 Å². The average Bonchev–Trinajstić information content (AvgIpc) is 2.57. The highest BCUT2D eigenvalue weighted by atomic mass is 32.1. The van der Waals surface area contributed by atoms with Gasteiger partial charge in [0.2, 0.25) is 0 Å². The summed E-state index contributed by atoms with van der Waals surface area (Å²) in [6.07, 6.45) is 1.81. The first-order valence-electron chi connectivity index (χ1n) is 4.69. The van der Waals surface area contributed by atoms with Crippen LogP contribution in [-0.4, -0.2) is 16.0 Å². The van der Waals surface area contributed by atoms with E-state index in [2.05, 4.69) is 29.1 Å². The minimum absolute atomic E-state index is 0.495. The van der Waals surface area contributed by atoms with Gasteiger partial charge in [-0.05, 0) is 12.1 Å². The Labute approximate surface area is 87.2 Å². The lowest BCUT2D eigenvalue weighted by molar-refractivity contribution is 0.588. The summed E-state index contributed by atoms with van der Waals surface area (Å²) in [5.74, 6) is 0. The molecule has 2 aromatic heterocycles. The molecule has 0 radical (unpaired) electrons. The standard InChI is InChI=1S/C10H13N3S/c1-7(2)12-6-9-13-8-4-3-5-11-10(8)14-9/h3-5,7,12H,6H2,1-2H3. The molecule has 2 heterocycles. The van der Waals surface area contributed by atoms with Crippen molar-refractivity contribution in [1.82, 2.24) is 15.3 Å². The number of pyridine rings is 1. The first-order valence-corrected chi connectivity index (χ1v) is 5.51. The van der Waals surface area contributed by atoms with E-state index in [-0.39, 0.29) is 0 Å². The van der Waals surface area contributed by atoms with Gasteiger partial charge < -0.3 is 5.32 Å². The van der Waals surface area contributed by atoms with Crippen LogP contribution in [-0.2, 0) is 6.54 Å². The summed E-state index contributed by atoms with van der Waals surface area (Å²) in [7, 11) is 0. The summed E-state index contributed by atoms with van der Waals surface area (Å²) in [5, 5.41) is 4.45. The van der Waals surface area contributed by atoms with Gasteiger partial charge in [-0.25, -0.2) is 9.97 Å². The SMILES string of the molecule is CC(C)NCc1nc2cccnc2s1. The lowest BCUT2D eigenvalue weighted by atomic mass is 10.4. The molecule has 1 N–H and O–H groups in total. The van der Waals surface area contributed by atoms with Crippen molar-refractivity contribution in [3.05, 3.63) is 23.3 Å². The number of hydrogen-bond acceptors (Lipinski definition) is 4. The summed E-state index contributed by atoms with van der Waals surface area (Å²) in [5.41, 5.74) is 0.998. The summed E-state index contributed by atoms with van der Waals surface area (Å²) < 4.78 is 0. The van der Waals surface area contributed by atoms with Gasteiger partial charge in [-0.2, -0.15) is 0 Å². The van der Waals surface area contributed by atoms with Crippen LogP contribution in [0, 0.1) is 0 Å². The molecule has 0 spiro atoms. The molecule has 0 saturated carbocycles. The molecule has 0 aromatic carbocycles. The van der Waals surface area contributed by atoms with E-state index in [0.717, 1.165) is 21.9 Å². The monoisotopic (exact) mass is 207 g/mol. The highest BCUT2D eigenvalue weighted by molar-refractivity contribution is 7.18. The number of nitrogens with zero attached hydrogens (tertiary/aromatic N) is 2. The van der Waals surface area contributed by atoms with Crippen LogP contribution in [0.5, 0.6) is 0 Å². The average molecular weight is 207 g/mol. The smallest absolute Gasteiger partial charge is 0.143 e. The van der Waals surface area contributed by atoms with Crippen LogP contribution in [0.3, 0.4) is 0 Å². The number of thiazole rings is 1. The van der Waals surface area contributed by atoms with Gasteiger partial charge in [0.25, 0.3) is 0 Å². The maximum absolute atomic E-state index is 4.48. The molecule has 0 aliphatic carbocycles. The number of nitrogens with one attached hydrogen (secondary N) is 1. The lowest BCUT2D eigenvalue weighted by Crippen LogP contribution is -2.21. The number of rotatable bonds is 3. The van der Waals surface area contributed by atoms with Crippen molar-refractivity contribution in [1.29, 1.82) is 0 Å². The number of aromatic nitrogens is 2. The second kappa shape index (κ2) is 4.02. The Hall–Kier alpha value is -1.00. The summed E-state index contributed by atoms with van der Waals surface area (Å²) in [4.78, 5) is 9.76. The van der Waals surface area contributed by atoms with Gasteiger partial charge in [0.05, 0.1) is 0 Å². The van der Waals surface area contributed by atoms with E-state index in [4.69, 9.17) is 0 Å². The molecule has 4 heteroatoms. The zero-order chi connectivity index (χ0) is 9.97. The second-order valence-corrected chi connectivity index (χ2v) is 4.53. The largest absolute Gasteiger partial charge is 0.308 e. The first-order chi connectivity index (χ1) is 6.75. The molecule has 0 unspecified atom stereocenters. The Morgan fingerprint density at radius 3 is 3.07 bits per heavy atom. The fraction of sp³-hybridized carbons (Fsp3) is 0.400. The van der Waals surface area contributed by atoms with Crippen molar-refractivity contribution < 1.29 is 0 Å². The predicted molar refractivity (Wildman–Crippen MR) is 59.4 cm³/mol. The van der Waals surface area contributed by atoms with E-state index in [1.165, 1.54) is 0 Å². The van der Waals surface area contributed by atoms with E-state index in [1.54, 1.807) is 17.5 Å². The normalized spacial score (nSPS) is 11.4. The highest BCUT2D eigenvalue weighted by Gasteiger charge is 2.03. The van der Waals surface area contributed by atoms with Crippen LogP contribution in [0.15, 0.2) is 18.3 Å². The van der Waals surface area contributed by atoms with Crippen LogP contribution in [0.4, 0.5) is 0 Å². The topological polar surface area (TPSA) is 37.8 Å². The van der Waals surface area contributed by atoms with E-state index < -0.39 is 0 Å². The van der Waals surface area contributed by atoms with E-state index in [0.29, 0.717) is 6.04 Å². The lowest BCUT2D eigenvalue weighted by Gasteiger charge is -2.03. The molecule has 0 aliphatic heterocycles. The Balaban J connectivity index is 2.19. The molecular weight excluding hydrogens is 194 g/mol. The highest BCUT2D eigenvalue weighted by Crippen LogP contribution is 2.18. The quantitative estimate of drug-likeness (QED) is 0.838. The van der Waals surface area contributed by atoms with Gasteiger partial charge in [0, 0.05) is 18.8 Å². The number of fused-ring (bicyclic) bond motifs is 1. The minimum atomic E-state index is 0.495. The van der Waals surface area contributed by atoms with Crippen LogP contribution in [0.2, 0.25) is 0 Å². The van der Waals surface area contributed by atoms with Crippen molar-refractivity contribution >= 4 is 21.7 Å². The maximum atomic E-state index is 4.48. The van der Waals surface area contributed by atoms with Crippen molar-refractivity contribution in [2.24, 2.45) is 0 Å². The van der Waals surface area contributed by atoms with Gasteiger partial charge in [0.1, 0.15) is 15.4 Å². The summed E-state index contributed by atoms with van der Waals surface area (Å²) in [6.45, 7) is 5.09. The van der Waals surface area contributed by atoms with Crippen molar-refractivity contribution in [2.75, 3.05) is 0 Å². The molecule has 2 rings (SSSR count). The van der Waals surface area contributed by atoms with Gasteiger partial charge in [-0.15, -0.1) is 0 Å². The molecule has 3 nitrogen and oxygen atoms in total. The van der Waals surface area contributed by atoms with E-state index >= 15 is 0 Å². The number of hydrogen-bond donors (Lipinski definition) is 1. The molecular formula is C10H13N3S. The molecule has 0 bridgehead atoms. The molecule has 0 atom stereocenters. The third kappa shape index (κ3) is 2.08. The first kappa shape index (κ1) is 9.55. The Morgan fingerprint density at radius 1 is 1.50 bits per heavy atom. The third-order valence-corrected chi connectivity index (χ3v) is 2.85. The van der Waals surface area contributed by atoms with Gasteiger partial charge in [0.15, 0.2) is 0 Å². The van der Waals surface area contributed by atoms with Crippen LogP contribution in [0.25, 0.3) is 10.3 Å². The molecule has 74 valence electrons. The van der Waals surface area contributed by atoms with Crippen LogP contribution < -0.4 is 5.32 Å². The minimum Gasteiger partial charge on any atom is -0.308 e.